The van der Waals surface area contributed by atoms with Crippen LogP contribution in [0.4, 0.5) is 0 Å². The molecule has 0 saturated carbocycles. The molecule has 1 aliphatic heterocycles. The Kier molecular flexibility index (Phi) is 5.01. The number of thioether (sulfide) groups is 1. The van der Waals surface area contributed by atoms with Crippen molar-refractivity contribution >= 4 is 23.6 Å². The highest BCUT2D eigenvalue weighted by Gasteiger charge is 2.27. The number of likely N-dealkylation sites (tertiary alicyclic amines) is 1. The number of carbonyl (C=O) groups excluding carboxylic acids is 2. The number of hydrogen-bond donors (Lipinski definition) is 0. The molecule has 1 saturated heterocycles. The Labute approximate surface area is 159 Å². The molecule has 1 aliphatic rings. The van der Waals surface area contributed by atoms with Crippen molar-refractivity contribution in [2.45, 2.75) is 24.5 Å². The van der Waals surface area contributed by atoms with E-state index in [9.17, 15) is 9.59 Å². The summed E-state index contributed by atoms with van der Waals surface area (Å²) in [6.45, 7) is 0.932. The summed E-state index contributed by atoms with van der Waals surface area (Å²) < 4.78 is 7.34. The van der Waals surface area contributed by atoms with E-state index in [0.717, 1.165) is 17.7 Å². The predicted molar refractivity (Wildman–Crippen MR) is 97.7 cm³/mol. The first-order chi connectivity index (χ1) is 13.2. The van der Waals surface area contributed by atoms with Gasteiger partial charge in [0.05, 0.1) is 18.6 Å². The largest absolute Gasteiger partial charge is 0.467 e. The van der Waals surface area contributed by atoms with Gasteiger partial charge < -0.3 is 4.42 Å². The quantitative estimate of drug-likeness (QED) is 0.602. The minimum atomic E-state index is -0.196. The van der Waals surface area contributed by atoms with Crippen LogP contribution in [0, 0.1) is 0 Å². The topological polar surface area (TPSA) is 94.1 Å². The molecule has 0 aliphatic carbocycles. The fourth-order valence-electron chi connectivity index (χ4n) is 2.92. The maximum atomic E-state index is 12.3. The molecule has 4 rings (SSSR count). The molecule has 0 radical (unpaired) electrons. The molecule has 138 valence electrons. The Morgan fingerprint density at radius 1 is 1.26 bits per heavy atom. The first-order valence-electron chi connectivity index (χ1n) is 8.54. The summed E-state index contributed by atoms with van der Waals surface area (Å²) in [6, 6.07) is 7.42. The number of aromatic nitrogens is 4. The van der Waals surface area contributed by atoms with E-state index in [4.69, 9.17) is 4.42 Å². The first-order valence-corrected chi connectivity index (χ1v) is 9.53. The van der Waals surface area contributed by atoms with Gasteiger partial charge in [0.1, 0.15) is 5.76 Å². The molecule has 2 amide bonds. The Balaban J connectivity index is 1.57. The Morgan fingerprint density at radius 2 is 2.19 bits per heavy atom. The summed E-state index contributed by atoms with van der Waals surface area (Å²) >= 11 is 1.27. The highest BCUT2D eigenvalue weighted by atomic mass is 32.2. The maximum absolute atomic E-state index is 12.3. The van der Waals surface area contributed by atoms with Crippen molar-refractivity contribution in [3.8, 4) is 11.4 Å². The molecule has 0 N–H and O–H groups in total. The van der Waals surface area contributed by atoms with Gasteiger partial charge in [0.25, 0.3) is 0 Å². The average molecular weight is 383 g/mol. The summed E-state index contributed by atoms with van der Waals surface area (Å²) in [5.41, 5.74) is 0.824. The molecular weight excluding hydrogens is 366 g/mol. The van der Waals surface area contributed by atoms with Gasteiger partial charge in [-0.2, -0.15) is 0 Å². The fraction of sp³-hybridized carbons (Fsp3) is 0.278. The van der Waals surface area contributed by atoms with Gasteiger partial charge in [-0.25, -0.2) is 0 Å². The lowest BCUT2D eigenvalue weighted by molar-refractivity contribution is -0.140. The van der Waals surface area contributed by atoms with Crippen LogP contribution in [0.2, 0.25) is 0 Å². The molecule has 8 nitrogen and oxygen atoms in total. The summed E-state index contributed by atoms with van der Waals surface area (Å²) in [7, 11) is 0. The van der Waals surface area contributed by atoms with Crippen molar-refractivity contribution < 1.29 is 14.0 Å². The molecular formula is C18H17N5O3S. The second-order valence-corrected chi connectivity index (χ2v) is 6.99. The maximum Gasteiger partial charge on any atom is 0.239 e. The summed E-state index contributed by atoms with van der Waals surface area (Å²) in [4.78, 5) is 29.5. The van der Waals surface area contributed by atoms with E-state index in [2.05, 4.69) is 15.2 Å². The minimum absolute atomic E-state index is 0.103. The summed E-state index contributed by atoms with van der Waals surface area (Å²) in [5, 5.41) is 9.11. The third kappa shape index (κ3) is 3.77. The number of nitrogens with zero attached hydrogens (tertiary/aromatic N) is 5. The van der Waals surface area contributed by atoms with Crippen molar-refractivity contribution in [3.05, 3.63) is 48.7 Å². The van der Waals surface area contributed by atoms with Gasteiger partial charge in [-0.1, -0.05) is 11.8 Å². The first kappa shape index (κ1) is 17.5. The normalized spacial score (nSPS) is 14.1. The van der Waals surface area contributed by atoms with E-state index in [1.165, 1.54) is 16.7 Å². The molecule has 1 fully saturated rings. The molecule has 0 unspecified atom stereocenters. The lowest BCUT2D eigenvalue weighted by Gasteiger charge is -2.13. The monoisotopic (exact) mass is 383 g/mol. The lowest BCUT2D eigenvalue weighted by Crippen LogP contribution is -2.33. The number of imide groups is 1. The number of hydrogen-bond acceptors (Lipinski definition) is 7. The highest BCUT2D eigenvalue weighted by molar-refractivity contribution is 7.99. The standard InChI is InChI=1S/C18H17N5O3S/c24-15-6-2-8-22(15)16(25)12-27-18-21-20-17(13-4-1-7-19-10-13)23(18)11-14-5-3-9-26-14/h1,3-5,7,9-10H,2,6,8,11-12H2. The smallest absolute Gasteiger partial charge is 0.239 e. The molecule has 3 aromatic rings. The van der Waals surface area contributed by atoms with E-state index in [1.54, 1.807) is 18.7 Å². The van der Waals surface area contributed by atoms with E-state index in [1.807, 2.05) is 28.8 Å². The van der Waals surface area contributed by atoms with Gasteiger partial charge in [-0.3, -0.25) is 24.0 Å². The van der Waals surface area contributed by atoms with E-state index >= 15 is 0 Å². The van der Waals surface area contributed by atoms with Crippen molar-refractivity contribution in [1.82, 2.24) is 24.6 Å². The van der Waals surface area contributed by atoms with Gasteiger partial charge in [-0.05, 0) is 30.7 Å². The number of carbonyl (C=O) groups is 2. The van der Waals surface area contributed by atoms with Crippen LogP contribution < -0.4 is 0 Å². The van der Waals surface area contributed by atoms with E-state index in [-0.39, 0.29) is 17.6 Å². The SMILES string of the molecule is O=C1CCCN1C(=O)CSc1nnc(-c2cccnc2)n1Cc1ccco1. The van der Waals surface area contributed by atoms with Crippen LogP contribution >= 0.6 is 11.8 Å². The van der Waals surface area contributed by atoms with Crippen LogP contribution in [0.15, 0.2) is 52.5 Å². The molecule has 9 heteroatoms. The van der Waals surface area contributed by atoms with E-state index < -0.39 is 0 Å². The zero-order chi connectivity index (χ0) is 18.6. The molecule has 4 heterocycles. The summed E-state index contributed by atoms with van der Waals surface area (Å²) in [5.74, 6) is 1.23. The summed E-state index contributed by atoms with van der Waals surface area (Å²) in [6.07, 6.45) is 6.19. The van der Waals surface area contributed by atoms with Gasteiger partial charge in [0.15, 0.2) is 11.0 Å². The average Bonchev–Trinajstić information content (AvgIpc) is 3.43. The lowest BCUT2D eigenvalue weighted by atomic mass is 10.2. The van der Waals surface area contributed by atoms with Crippen LogP contribution in [-0.2, 0) is 16.1 Å². The zero-order valence-electron chi connectivity index (χ0n) is 14.4. The predicted octanol–water partition coefficient (Wildman–Crippen LogP) is 2.22. The van der Waals surface area contributed by atoms with Gasteiger partial charge >= 0.3 is 0 Å². The zero-order valence-corrected chi connectivity index (χ0v) is 15.3. The Bertz CT molecular complexity index is 939. The van der Waals surface area contributed by atoms with Crippen LogP contribution in [-0.4, -0.2) is 48.8 Å². The van der Waals surface area contributed by atoms with Crippen molar-refractivity contribution in [3.63, 3.8) is 0 Å². The number of amides is 2. The fourth-order valence-corrected chi connectivity index (χ4v) is 3.73. The number of pyridine rings is 1. The number of rotatable bonds is 6. The molecule has 0 atom stereocenters. The third-order valence-electron chi connectivity index (χ3n) is 4.23. The second kappa shape index (κ2) is 7.75. The van der Waals surface area contributed by atoms with Gasteiger partial charge in [0, 0.05) is 30.9 Å². The highest BCUT2D eigenvalue weighted by Crippen LogP contribution is 2.25. The van der Waals surface area contributed by atoms with Crippen LogP contribution in [0.5, 0.6) is 0 Å². The number of furan rings is 1. The van der Waals surface area contributed by atoms with Crippen LogP contribution in [0.3, 0.4) is 0 Å². The molecule has 0 aromatic carbocycles. The Morgan fingerprint density at radius 3 is 2.89 bits per heavy atom. The van der Waals surface area contributed by atoms with Crippen molar-refractivity contribution in [1.29, 1.82) is 0 Å². The van der Waals surface area contributed by atoms with Gasteiger partial charge in [0.2, 0.25) is 11.8 Å². The Hall–Kier alpha value is -2.94. The van der Waals surface area contributed by atoms with Gasteiger partial charge in [-0.15, -0.1) is 10.2 Å². The van der Waals surface area contributed by atoms with Crippen molar-refractivity contribution in [2.24, 2.45) is 0 Å². The van der Waals surface area contributed by atoms with Crippen molar-refractivity contribution in [2.75, 3.05) is 12.3 Å². The van der Waals surface area contributed by atoms with Crippen LogP contribution in [0.1, 0.15) is 18.6 Å². The second-order valence-electron chi connectivity index (χ2n) is 6.04. The van der Waals surface area contributed by atoms with Crippen LogP contribution in [0.25, 0.3) is 11.4 Å². The molecule has 3 aromatic heterocycles. The molecule has 27 heavy (non-hydrogen) atoms. The van der Waals surface area contributed by atoms with E-state index in [0.29, 0.717) is 30.5 Å². The third-order valence-corrected chi connectivity index (χ3v) is 5.18. The molecule has 0 spiro atoms. The minimum Gasteiger partial charge on any atom is -0.467 e. The molecule has 0 bridgehead atoms.